The van der Waals surface area contributed by atoms with Gasteiger partial charge in [-0.05, 0) is 38.0 Å². The lowest BCUT2D eigenvalue weighted by Crippen LogP contribution is -2.30. The van der Waals surface area contributed by atoms with Crippen LogP contribution in [0.25, 0.3) is 5.69 Å². The molecule has 0 spiro atoms. The molecule has 1 atom stereocenters. The van der Waals surface area contributed by atoms with E-state index >= 15 is 0 Å². The maximum Gasteiger partial charge on any atom is 0.233 e. The minimum Gasteiger partial charge on any atom is -0.496 e. The molecule has 6 nitrogen and oxygen atoms in total. The van der Waals surface area contributed by atoms with Crippen molar-refractivity contribution in [3.8, 4) is 11.4 Å². The molecule has 1 aromatic heterocycles. The molecule has 1 amide bonds. The van der Waals surface area contributed by atoms with E-state index in [0.29, 0.717) is 17.6 Å². The van der Waals surface area contributed by atoms with Crippen molar-refractivity contribution in [1.82, 2.24) is 20.1 Å². The van der Waals surface area contributed by atoms with Gasteiger partial charge in [0.15, 0.2) is 0 Å². The maximum absolute atomic E-state index is 12.6. The van der Waals surface area contributed by atoms with Gasteiger partial charge in [0.1, 0.15) is 11.6 Å². The monoisotopic (exact) mass is 408 g/mol. The molecule has 1 aliphatic rings. The molecule has 1 heterocycles. The van der Waals surface area contributed by atoms with Crippen LogP contribution < -0.4 is 10.1 Å². The molecule has 29 heavy (non-hydrogen) atoms. The summed E-state index contributed by atoms with van der Waals surface area (Å²) in [7, 11) is 1.63. The number of aromatic nitrogens is 3. The number of benzene rings is 2. The Kier molecular flexibility index (Phi) is 5.85. The number of methoxy groups -OCH3 is 1. The van der Waals surface area contributed by atoms with Crippen molar-refractivity contribution < 1.29 is 9.53 Å². The van der Waals surface area contributed by atoms with Gasteiger partial charge in [-0.25, -0.2) is 9.67 Å². The van der Waals surface area contributed by atoms with Gasteiger partial charge in [-0.1, -0.05) is 48.2 Å². The van der Waals surface area contributed by atoms with Crippen molar-refractivity contribution in [1.29, 1.82) is 0 Å². The summed E-state index contributed by atoms with van der Waals surface area (Å²) in [5, 5.41) is 7.99. The van der Waals surface area contributed by atoms with E-state index in [4.69, 9.17) is 9.72 Å². The third-order valence-electron chi connectivity index (χ3n) is 4.85. The first kappa shape index (κ1) is 19.5. The average molecular weight is 409 g/mol. The van der Waals surface area contributed by atoms with Gasteiger partial charge in [-0.15, -0.1) is 5.10 Å². The number of rotatable bonds is 8. The highest BCUT2D eigenvalue weighted by molar-refractivity contribution is 8.00. The highest BCUT2D eigenvalue weighted by atomic mass is 32.2. The Morgan fingerprint density at radius 1 is 1.21 bits per heavy atom. The molecule has 4 rings (SSSR count). The third-order valence-corrected chi connectivity index (χ3v) is 5.80. The van der Waals surface area contributed by atoms with Crippen LogP contribution in [0.3, 0.4) is 0 Å². The smallest absolute Gasteiger partial charge is 0.233 e. The Bertz CT molecular complexity index is 985. The first-order valence-electron chi connectivity index (χ1n) is 9.74. The predicted molar refractivity (Wildman–Crippen MR) is 113 cm³/mol. The molecule has 1 aliphatic carbocycles. The fourth-order valence-corrected chi connectivity index (χ4v) is 3.89. The van der Waals surface area contributed by atoms with Gasteiger partial charge in [0.2, 0.25) is 11.1 Å². The zero-order valence-electron chi connectivity index (χ0n) is 16.5. The van der Waals surface area contributed by atoms with Crippen LogP contribution in [-0.2, 0) is 11.3 Å². The van der Waals surface area contributed by atoms with Crippen LogP contribution in [0.15, 0.2) is 59.8 Å². The fourth-order valence-electron chi connectivity index (χ4n) is 3.11. The summed E-state index contributed by atoms with van der Waals surface area (Å²) in [6, 6.07) is 17.7. The second-order valence-electron chi connectivity index (χ2n) is 7.06. The molecule has 1 N–H and O–H groups in total. The Morgan fingerprint density at radius 2 is 1.93 bits per heavy atom. The molecule has 0 radical (unpaired) electrons. The molecule has 0 aliphatic heterocycles. The normalized spacial score (nSPS) is 14.4. The Hall–Kier alpha value is -2.80. The van der Waals surface area contributed by atoms with Gasteiger partial charge in [0, 0.05) is 18.0 Å². The minimum absolute atomic E-state index is 0.0510. The summed E-state index contributed by atoms with van der Waals surface area (Å²) in [6.45, 7) is 2.30. The van der Waals surface area contributed by atoms with E-state index in [1.807, 2.05) is 66.2 Å². The molecule has 150 valence electrons. The van der Waals surface area contributed by atoms with E-state index in [1.165, 1.54) is 11.8 Å². The Morgan fingerprint density at radius 3 is 2.66 bits per heavy atom. The number of ether oxygens (including phenoxy) is 1. The minimum atomic E-state index is -0.302. The van der Waals surface area contributed by atoms with E-state index in [0.717, 1.165) is 35.7 Å². The number of carbonyl (C=O) groups is 1. The summed E-state index contributed by atoms with van der Waals surface area (Å²) in [4.78, 5) is 17.3. The Balaban J connectivity index is 1.43. The third kappa shape index (κ3) is 4.62. The molecule has 0 bridgehead atoms. The van der Waals surface area contributed by atoms with Crippen LogP contribution >= 0.6 is 11.8 Å². The number of nitrogens with zero attached hydrogens (tertiary/aromatic N) is 3. The van der Waals surface area contributed by atoms with Crippen LogP contribution in [0.5, 0.6) is 5.75 Å². The van der Waals surface area contributed by atoms with E-state index in [-0.39, 0.29) is 11.2 Å². The highest BCUT2D eigenvalue weighted by Gasteiger charge is 2.31. The van der Waals surface area contributed by atoms with Crippen LogP contribution in [0.2, 0.25) is 0 Å². The van der Waals surface area contributed by atoms with Gasteiger partial charge in [-0.2, -0.15) is 0 Å². The number of nitrogens with one attached hydrogen (secondary N) is 1. The first-order valence-corrected chi connectivity index (χ1v) is 10.6. The van der Waals surface area contributed by atoms with Crippen molar-refractivity contribution in [2.24, 2.45) is 0 Å². The maximum atomic E-state index is 12.6. The number of carbonyl (C=O) groups excluding carboxylic acids is 1. The van der Waals surface area contributed by atoms with Crippen molar-refractivity contribution in [3.05, 3.63) is 66.0 Å². The van der Waals surface area contributed by atoms with E-state index < -0.39 is 0 Å². The lowest BCUT2D eigenvalue weighted by Gasteiger charge is -2.12. The predicted octanol–water partition coefficient (Wildman–Crippen LogP) is 3.95. The summed E-state index contributed by atoms with van der Waals surface area (Å²) in [6.07, 6.45) is 2.29. The lowest BCUT2D eigenvalue weighted by molar-refractivity contribution is -0.120. The van der Waals surface area contributed by atoms with Gasteiger partial charge in [-0.3, -0.25) is 4.79 Å². The number of hydrogen-bond donors (Lipinski definition) is 1. The number of thioether (sulfide) groups is 1. The number of amides is 1. The molecule has 3 aromatic rings. The van der Waals surface area contributed by atoms with E-state index in [9.17, 15) is 4.79 Å². The quantitative estimate of drug-likeness (QED) is 0.572. The van der Waals surface area contributed by atoms with Crippen molar-refractivity contribution in [3.63, 3.8) is 0 Å². The zero-order chi connectivity index (χ0) is 20.2. The molecule has 0 saturated heterocycles. The second-order valence-corrected chi connectivity index (χ2v) is 8.37. The molecule has 2 aromatic carbocycles. The lowest BCUT2D eigenvalue weighted by atomic mass is 10.2. The molecule has 7 heteroatoms. The zero-order valence-corrected chi connectivity index (χ0v) is 17.4. The van der Waals surface area contributed by atoms with Gasteiger partial charge in [0.25, 0.3) is 0 Å². The number of para-hydroxylation sites is 2. The largest absolute Gasteiger partial charge is 0.496 e. The van der Waals surface area contributed by atoms with Crippen LogP contribution in [0.1, 0.15) is 37.1 Å². The molecule has 1 saturated carbocycles. The summed E-state index contributed by atoms with van der Waals surface area (Å²) in [5.74, 6) is 2.17. The van der Waals surface area contributed by atoms with Gasteiger partial charge < -0.3 is 10.1 Å². The summed E-state index contributed by atoms with van der Waals surface area (Å²) < 4.78 is 7.26. The van der Waals surface area contributed by atoms with Crippen molar-refractivity contribution >= 4 is 17.7 Å². The van der Waals surface area contributed by atoms with Gasteiger partial charge >= 0.3 is 0 Å². The topological polar surface area (TPSA) is 69.0 Å². The first-order chi connectivity index (χ1) is 14.2. The SMILES string of the molecule is COc1ccccc1CNC(=O)[C@@H](C)Sc1nc(C2CC2)n(-c2ccccc2)n1. The van der Waals surface area contributed by atoms with Gasteiger partial charge in [0.05, 0.1) is 18.0 Å². The Labute approximate surface area is 174 Å². The summed E-state index contributed by atoms with van der Waals surface area (Å²) in [5.41, 5.74) is 1.95. The molecule has 1 fully saturated rings. The van der Waals surface area contributed by atoms with Crippen molar-refractivity contribution in [2.75, 3.05) is 7.11 Å². The van der Waals surface area contributed by atoms with Crippen LogP contribution in [-0.4, -0.2) is 33.0 Å². The van der Waals surface area contributed by atoms with E-state index in [2.05, 4.69) is 10.4 Å². The van der Waals surface area contributed by atoms with Crippen molar-refractivity contribution in [2.45, 2.75) is 42.6 Å². The van der Waals surface area contributed by atoms with E-state index in [1.54, 1.807) is 7.11 Å². The highest BCUT2D eigenvalue weighted by Crippen LogP contribution is 2.40. The number of hydrogen-bond acceptors (Lipinski definition) is 5. The second kappa shape index (κ2) is 8.69. The molecular weight excluding hydrogens is 384 g/mol. The molecular formula is C22H24N4O2S. The fraction of sp³-hybridized carbons (Fsp3) is 0.318. The average Bonchev–Trinajstić information content (AvgIpc) is 3.52. The standard InChI is InChI=1S/C22H24N4O2S/c1-15(21(27)23-14-17-8-6-7-11-19(17)28-2)29-22-24-20(16-12-13-16)26(25-22)18-9-4-3-5-10-18/h3-11,15-16H,12-14H2,1-2H3,(H,23,27)/t15-/m1/s1. The van der Waals surface area contributed by atoms with Crippen LogP contribution in [0, 0.1) is 0 Å². The molecule has 0 unspecified atom stereocenters. The van der Waals surface area contributed by atoms with Crippen LogP contribution in [0.4, 0.5) is 0 Å². The summed E-state index contributed by atoms with van der Waals surface area (Å²) >= 11 is 1.39.